The normalized spacial score (nSPS) is 9.74. The van der Waals surface area contributed by atoms with E-state index in [0.717, 1.165) is 11.4 Å². The van der Waals surface area contributed by atoms with Gasteiger partial charge in [-0.2, -0.15) is 10.1 Å². The van der Waals surface area contributed by atoms with Gasteiger partial charge in [0.25, 0.3) is 0 Å². The molecule has 0 atom stereocenters. The van der Waals surface area contributed by atoms with E-state index < -0.39 is 0 Å². The second kappa shape index (κ2) is 6.34. The van der Waals surface area contributed by atoms with Crippen molar-refractivity contribution in [3.8, 4) is 5.75 Å². The Labute approximate surface area is 111 Å². The summed E-state index contributed by atoms with van der Waals surface area (Å²) in [7, 11) is 1.62. The summed E-state index contributed by atoms with van der Waals surface area (Å²) < 4.78 is 5.15. The van der Waals surface area contributed by atoms with Crippen LogP contribution in [0.3, 0.4) is 0 Å². The van der Waals surface area contributed by atoms with E-state index >= 15 is 0 Å². The average molecular weight is 257 g/mol. The minimum atomic E-state index is 0.419. The van der Waals surface area contributed by atoms with Crippen molar-refractivity contribution < 1.29 is 4.74 Å². The molecule has 1 aromatic carbocycles. The summed E-state index contributed by atoms with van der Waals surface area (Å²) in [5.74, 6) is 1.82. The highest BCUT2D eigenvalue weighted by atomic mass is 16.5. The highest BCUT2D eigenvalue weighted by molar-refractivity contribution is 5.56. The molecule has 0 spiro atoms. The van der Waals surface area contributed by atoms with Gasteiger partial charge in [-0.15, -0.1) is 11.7 Å². The lowest BCUT2D eigenvalue weighted by atomic mass is 10.3. The average Bonchev–Trinajstić information content (AvgIpc) is 2.46. The van der Waals surface area contributed by atoms with Gasteiger partial charge >= 0.3 is 0 Å². The summed E-state index contributed by atoms with van der Waals surface area (Å²) in [4.78, 5) is 4.28. The van der Waals surface area contributed by atoms with E-state index in [0.29, 0.717) is 18.3 Å². The zero-order chi connectivity index (χ0) is 13.5. The van der Waals surface area contributed by atoms with Crippen LogP contribution in [0.15, 0.2) is 43.1 Å². The first kappa shape index (κ1) is 12.8. The molecule has 0 aliphatic rings. The number of anilines is 3. The maximum absolute atomic E-state index is 5.15. The molecule has 2 N–H and O–H groups in total. The van der Waals surface area contributed by atoms with E-state index in [2.05, 4.69) is 32.4 Å². The van der Waals surface area contributed by atoms with Crippen molar-refractivity contribution >= 4 is 17.5 Å². The van der Waals surface area contributed by atoms with Gasteiger partial charge in [0.05, 0.1) is 13.3 Å². The van der Waals surface area contributed by atoms with E-state index in [9.17, 15) is 0 Å². The molecule has 0 unspecified atom stereocenters. The Bertz CT molecular complexity index is 558. The minimum absolute atomic E-state index is 0.419. The zero-order valence-electron chi connectivity index (χ0n) is 10.6. The predicted octanol–water partition coefficient (Wildman–Crippen LogP) is 2.22. The maximum atomic E-state index is 5.15. The fraction of sp³-hybridized carbons (Fsp3) is 0.154. The second-order valence-corrected chi connectivity index (χ2v) is 3.69. The molecule has 0 fully saturated rings. The Kier molecular flexibility index (Phi) is 4.28. The Morgan fingerprint density at radius 1 is 1.42 bits per heavy atom. The van der Waals surface area contributed by atoms with E-state index in [1.54, 1.807) is 19.4 Å². The standard InChI is InChI=1S/C13H15N5O/c1-3-7-14-12-9-15-18-13(17-12)16-10-5-4-6-11(8-10)19-2/h3-6,8-9H,1,7H2,2H3,(H2,14,16,17,18). The molecule has 0 aliphatic carbocycles. The number of hydrogen-bond donors (Lipinski definition) is 2. The van der Waals surface area contributed by atoms with Crippen molar-refractivity contribution in [2.24, 2.45) is 0 Å². The highest BCUT2D eigenvalue weighted by Gasteiger charge is 2.01. The van der Waals surface area contributed by atoms with Crippen LogP contribution in [0, 0.1) is 0 Å². The Morgan fingerprint density at radius 2 is 2.32 bits per heavy atom. The quantitative estimate of drug-likeness (QED) is 0.773. The molecule has 2 aromatic rings. The molecule has 1 heterocycles. The van der Waals surface area contributed by atoms with Gasteiger partial charge in [-0.3, -0.25) is 0 Å². The molecule has 1 aromatic heterocycles. The second-order valence-electron chi connectivity index (χ2n) is 3.69. The van der Waals surface area contributed by atoms with Crippen molar-refractivity contribution in [1.29, 1.82) is 0 Å². The first-order valence-electron chi connectivity index (χ1n) is 5.77. The molecule has 0 saturated heterocycles. The number of methoxy groups -OCH3 is 1. The van der Waals surface area contributed by atoms with Crippen LogP contribution >= 0.6 is 0 Å². The van der Waals surface area contributed by atoms with Gasteiger partial charge in [0.15, 0.2) is 5.82 Å². The van der Waals surface area contributed by atoms with Crippen LogP contribution in [-0.4, -0.2) is 28.8 Å². The molecule has 98 valence electrons. The number of aromatic nitrogens is 3. The van der Waals surface area contributed by atoms with Gasteiger partial charge in [-0.05, 0) is 12.1 Å². The molecule has 0 saturated carbocycles. The van der Waals surface area contributed by atoms with Gasteiger partial charge in [-0.25, -0.2) is 0 Å². The monoisotopic (exact) mass is 257 g/mol. The Morgan fingerprint density at radius 3 is 3.11 bits per heavy atom. The molecular weight excluding hydrogens is 242 g/mol. The summed E-state index contributed by atoms with van der Waals surface area (Å²) in [6, 6.07) is 7.50. The topological polar surface area (TPSA) is 72.0 Å². The number of ether oxygens (including phenoxy) is 1. The number of benzene rings is 1. The van der Waals surface area contributed by atoms with Crippen LogP contribution in [0.2, 0.25) is 0 Å². The van der Waals surface area contributed by atoms with E-state index in [4.69, 9.17) is 4.74 Å². The summed E-state index contributed by atoms with van der Waals surface area (Å²) >= 11 is 0. The summed E-state index contributed by atoms with van der Waals surface area (Å²) in [6.07, 6.45) is 3.30. The molecule has 6 heteroatoms. The molecule has 0 bridgehead atoms. The largest absolute Gasteiger partial charge is 0.497 e. The first-order chi connectivity index (χ1) is 9.31. The molecule has 6 nitrogen and oxygen atoms in total. The molecule has 0 amide bonds. The van der Waals surface area contributed by atoms with Gasteiger partial charge in [-0.1, -0.05) is 12.1 Å². The molecule has 0 radical (unpaired) electrons. The lowest BCUT2D eigenvalue weighted by Gasteiger charge is -2.07. The number of hydrogen-bond acceptors (Lipinski definition) is 6. The lowest BCUT2D eigenvalue weighted by molar-refractivity contribution is 0.415. The van der Waals surface area contributed by atoms with E-state index in [-0.39, 0.29) is 0 Å². The molecular formula is C13H15N5O. The maximum Gasteiger partial charge on any atom is 0.249 e. The zero-order valence-corrected chi connectivity index (χ0v) is 10.6. The third-order valence-electron chi connectivity index (χ3n) is 2.31. The molecule has 2 rings (SSSR count). The number of rotatable bonds is 6. The van der Waals surface area contributed by atoms with Gasteiger partial charge in [0.1, 0.15) is 5.75 Å². The van der Waals surface area contributed by atoms with Gasteiger partial charge in [0, 0.05) is 18.3 Å². The van der Waals surface area contributed by atoms with E-state index in [1.807, 2.05) is 24.3 Å². The van der Waals surface area contributed by atoms with E-state index in [1.165, 1.54) is 0 Å². The number of nitrogens with one attached hydrogen (secondary N) is 2. The lowest BCUT2D eigenvalue weighted by Crippen LogP contribution is -2.05. The van der Waals surface area contributed by atoms with Crippen molar-refractivity contribution in [3.05, 3.63) is 43.1 Å². The SMILES string of the molecule is C=CCNc1cnnc(Nc2cccc(OC)c2)n1. The van der Waals surface area contributed by atoms with Crippen LogP contribution in [0.1, 0.15) is 0 Å². The van der Waals surface area contributed by atoms with Crippen molar-refractivity contribution in [2.75, 3.05) is 24.3 Å². The fourth-order valence-corrected chi connectivity index (χ4v) is 1.45. The third-order valence-corrected chi connectivity index (χ3v) is 2.31. The minimum Gasteiger partial charge on any atom is -0.497 e. The Balaban J connectivity index is 2.11. The van der Waals surface area contributed by atoms with Crippen molar-refractivity contribution in [3.63, 3.8) is 0 Å². The van der Waals surface area contributed by atoms with Crippen LogP contribution in [-0.2, 0) is 0 Å². The van der Waals surface area contributed by atoms with Crippen LogP contribution in [0.25, 0.3) is 0 Å². The summed E-state index contributed by atoms with van der Waals surface area (Å²) in [6.45, 7) is 4.25. The smallest absolute Gasteiger partial charge is 0.249 e. The van der Waals surface area contributed by atoms with Crippen LogP contribution in [0.5, 0.6) is 5.75 Å². The molecule has 19 heavy (non-hydrogen) atoms. The predicted molar refractivity (Wildman–Crippen MR) is 74.8 cm³/mol. The summed E-state index contributed by atoms with van der Waals surface area (Å²) in [5, 5.41) is 13.9. The summed E-state index contributed by atoms with van der Waals surface area (Å²) in [5.41, 5.74) is 0.835. The highest BCUT2D eigenvalue weighted by Crippen LogP contribution is 2.19. The van der Waals surface area contributed by atoms with Crippen LogP contribution in [0.4, 0.5) is 17.5 Å². The fourth-order valence-electron chi connectivity index (χ4n) is 1.45. The van der Waals surface area contributed by atoms with Crippen molar-refractivity contribution in [1.82, 2.24) is 15.2 Å². The Hall–Kier alpha value is -2.63. The van der Waals surface area contributed by atoms with Gasteiger partial charge < -0.3 is 15.4 Å². The number of nitrogens with zero attached hydrogens (tertiary/aromatic N) is 3. The van der Waals surface area contributed by atoms with Crippen LogP contribution < -0.4 is 15.4 Å². The first-order valence-corrected chi connectivity index (χ1v) is 5.77. The van der Waals surface area contributed by atoms with Crippen molar-refractivity contribution in [2.45, 2.75) is 0 Å². The molecule has 0 aliphatic heterocycles. The third kappa shape index (κ3) is 3.67. The van der Waals surface area contributed by atoms with Gasteiger partial charge in [0.2, 0.25) is 5.95 Å².